The van der Waals surface area contributed by atoms with E-state index in [4.69, 9.17) is 23.2 Å². The second-order valence-corrected chi connectivity index (χ2v) is 8.62. The van der Waals surface area contributed by atoms with E-state index in [0.717, 1.165) is 11.3 Å². The number of hydrogen-bond acceptors (Lipinski definition) is 3. The zero-order valence-electron chi connectivity index (χ0n) is 17.7. The summed E-state index contributed by atoms with van der Waals surface area (Å²) in [6.07, 6.45) is 0.271. The van der Waals surface area contributed by atoms with Gasteiger partial charge in [-0.25, -0.2) is 4.39 Å². The van der Waals surface area contributed by atoms with Crippen molar-refractivity contribution in [1.82, 2.24) is 4.90 Å². The number of rotatable bonds is 5. The molecule has 0 aliphatic carbocycles. The van der Waals surface area contributed by atoms with Crippen LogP contribution in [-0.2, 0) is 11.2 Å². The Labute approximate surface area is 201 Å². The lowest BCUT2D eigenvalue weighted by Gasteiger charge is -2.36. The predicted octanol–water partition coefficient (Wildman–Crippen LogP) is 5.28. The Morgan fingerprint density at radius 2 is 1.52 bits per heavy atom. The number of anilines is 2. The largest absolute Gasteiger partial charge is 0.368 e. The summed E-state index contributed by atoms with van der Waals surface area (Å²) < 4.78 is 13.0. The molecule has 1 aliphatic rings. The maximum atomic E-state index is 13.0. The lowest BCUT2D eigenvalue weighted by Crippen LogP contribution is -2.49. The van der Waals surface area contributed by atoms with Crippen molar-refractivity contribution in [2.24, 2.45) is 0 Å². The molecular formula is C25H22Cl2FN3O2. The lowest BCUT2D eigenvalue weighted by molar-refractivity contribution is -0.130. The first-order valence-electron chi connectivity index (χ1n) is 10.5. The van der Waals surface area contributed by atoms with Gasteiger partial charge in [0.15, 0.2) is 0 Å². The topological polar surface area (TPSA) is 52.7 Å². The summed E-state index contributed by atoms with van der Waals surface area (Å²) in [5, 5.41) is 3.57. The van der Waals surface area contributed by atoms with E-state index in [1.165, 1.54) is 18.2 Å². The zero-order valence-corrected chi connectivity index (χ0v) is 19.2. The third-order valence-corrected chi connectivity index (χ3v) is 6.31. The number of carbonyl (C=O) groups is 2. The second-order valence-electron chi connectivity index (χ2n) is 7.80. The third kappa shape index (κ3) is 5.83. The standard InChI is InChI=1S/C25H22Cl2FN3O2/c26-22-10-3-18(16-23(22)27)25(33)29-20-6-8-21(9-7-20)30-11-13-31(14-12-30)24(32)15-17-1-4-19(28)5-2-17/h1-10,16H,11-15H2,(H,29,33). The number of hydrogen-bond donors (Lipinski definition) is 1. The molecule has 4 rings (SSSR count). The summed E-state index contributed by atoms with van der Waals surface area (Å²) in [6.45, 7) is 2.67. The Morgan fingerprint density at radius 1 is 0.848 bits per heavy atom. The highest BCUT2D eigenvalue weighted by atomic mass is 35.5. The number of benzene rings is 3. The molecule has 170 valence electrons. The minimum atomic E-state index is -0.306. The molecule has 0 unspecified atom stereocenters. The van der Waals surface area contributed by atoms with Crippen LogP contribution in [0.5, 0.6) is 0 Å². The number of nitrogens with zero attached hydrogens (tertiary/aromatic N) is 2. The van der Waals surface area contributed by atoms with E-state index in [-0.39, 0.29) is 24.1 Å². The van der Waals surface area contributed by atoms with Crippen LogP contribution in [0.3, 0.4) is 0 Å². The number of piperazine rings is 1. The fraction of sp³-hybridized carbons (Fsp3) is 0.200. The van der Waals surface area contributed by atoms with Gasteiger partial charge in [-0.2, -0.15) is 0 Å². The Kier molecular flexibility index (Phi) is 7.16. The number of amides is 2. The molecule has 1 N–H and O–H groups in total. The number of nitrogens with one attached hydrogen (secondary N) is 1. The first-order chi connectivity index (χ1) is 15.9. The van der Waals surface area contributed by atoms with E-state index in [1.54, 1.807) is 24.3 Å². The van der Waals surface area contributed by atoms with Crippen LogP contribution in [0.4, 0.5) is 15.8 Å². The summed E-state index contributed by atoms with van der Waals surface area (Å²) >= 11 is 11.9. The van der Waals surface area contributed by atoms with Crippen molar-refractivity contribution in [3.63, 3.8) is 0 Å². The van der Waals surface area contributed by atoms with Gasteiger partial charge in [-0.1, -0.05) is 35.3 Å². The van der Waals surface area contributed by atoms with Crippen LogP contribution in [0.1, 0.15) is 15.9 Å². The first kappa shape index (κ1) is 23.1. The summed E-state index contributed by atoms with van der Waals surface area (Å²) in [4.78, 5) is 29.0. The Hall–Kier alpha value is -3.09. The smallest absolute Gasteiger partial charge is 0.255 e. The molecule has 0 atom stereocenters. The summed E-state index contributed by atoms with van der Waals surface area (Å²) in [7, 11) is 0. The first-order valence-corrected chi connectivity index (χ1v) is 11.3. The molecule has 0 radical (unpaired) electrons. The molecule has 0 aromatic heterocycles. The van der Waals surface area contributed by atoms with Crippen molar-refractivity contribution in [2.75, 3.05) is 36.4 Å². The summed E-state index contributed by atoms with van der Waals surface area (Å²) in [6, 6.07) is 18.4. The molecule has 0 saturated carbocycles. The Bertz CT molecular complexity index is 1150. The van der Waals surface area contributed by atoms with Gasteiger partial charge in [0, 0.05) is 43.1 Å². The SMILES string of the molecule is O=C(Nc1ccc(N2CCN(C(=O)Cc3ccc(F)cc3)CC2)cc1)c1ccc(Cl)c(Cl)c1. The van der Waals surface area contributed by atoms with E-state index in [2.05, 4.69) is 10.2 Å². The van der Waals surface area contributed by atoms with Gasteiger partial charge in [-0.15, -0.1) is 0 Å². The van der Waals surface area contributed by atoms with Crippen molar-refractivity contribution in [3.8, 4) is 0 Å². The molecule has 0 spiro atoms. The molecule has 0 bridgehead atoms. The van der Waals surface area contributed by atoms with E-state index in [0.29, 0.717) is 47.5 Å². The molecule has 3 aromatic carbocycles. The van der Waals surface area contributed by atoms with Crippen LogP contribution in [0.2, 0.25) is 10.0 Å². The molecular weight excluding hydrogens is 464 g/mol. The van der Waals surface area contributed by atoms with Crippen LogP contribution in [-0.4, -0.2) is 42.9 Å². The fourth-order valence-corrected chi connectivity index (χ4v) is 4.00. The average molecular weight is 486 g/mol. The van der Waals surface area contributed by atoms with Gasteiger partial charge in [0.05, 0.1) is 16.5 Å². The van der Waals surface area contributed by atoms with Crippen LogP contribution < -0.4 is 10.2 Å². The zero-order chi connectivity index (χ0) is 23.4. The predicted molar refractivity (Wildman–Crippen MR) is 130 cm³/mol. The van der Waals surface area contributed by atoms with Crippen LogP contribution in [0, 0.1) is 5.82 Å². The van der Waals surface area contributed by atoms with Gasteiger partial charge in [0.1, 0.15) is 5.82 Å². The van der Waals surface area contributed by atoms with Crippen LogP contribution >= 0.6 is 23.2 Å². The minimum Gasteiger partial charge on any atom is -0.368 e. The highest BCUT2D eigenvalue weighted by Gasteiger charge is 2.21. The Balaban J connectivity index is 1.30. The Morgan fingerprint density at radius 3 is 2.15 bits per heavy atom. The summed E-state index contributed by atoms with van der Waals surface area (Å²) in [5.41, 5.74) is 2.92. The molecule has 1 aliphatic heterocycles. The molecule has 3 aromatic rings. The van der Waals surface area contributed by atoms with Gasteiger partial charge in [0.2, 0.25) is 5.91 Å². The average Bonchev–Trinajstić information content (AvgIpc) is 2.83. The quantitative estimate of drug-likeness (QED) is 0.534. The molecule has 1 heterocycles. The second kappa shape index (κ2) is 10.2. The van der Waals surface area contributed by atoms with Gasteiger partial charge < -0.3 is 15.1 Å². The maximum absolute atomic E-state index is 13.0. The van der Waals surface area contributed by atoms with Gasteiger partial charge in [-0.3, -0.25) is 9.59 Å². The van der Waals surface area contributed by atoms with E-state index in [1.807, 2.05) is 29.2 Å². The van der Waals surface area contributed by atoms with Crippen molar-refractivity contribution >= 4 is 46.4 Å². The van der Waals surface area contributed by atoms with Crippen molar-refractivity contribution < 1.29 is 14.0 Å². The molecule has 1 fully saturated rings. The van der Waals surface area contributed by atoms with Crippen molar-refractivity contribution in [1.29, 1.82) is 0 Å². The van der Waals surface area contributed by atoms with E-state index in [9.17, 15) is 14.0 Å². The number of carbonyl (C=O) groups excluding carboxylic acids is 2. The molecule has 2 amide bonds. The minimum absolute atomic E-state index is 0.0432. The van der Waals surface area contributed by atoms with Crippen molar-refractivity contribution in [3.05, 3.63) is 93.7 Å². The van der Waals surface area contributed by atoms with Crippen LogP contribution in [0.25, 0.3) is 0 Å². The van der Waals surface area contributed by atoms with Crippen LogP contribution in [0.15, 0.2) is 66.7 Å². The van der Waals surface area contributed by atoms with Crippen molar-refractivity contribution in [2.45, 2.75) is 6.42 Å². The van der Waals surface area contributed by atoms with Gasteiger partial charge >= 0.3 is 0 Å². The fourth-order valence-electron chi connectivity index (χ4n) is 3.70. The number of halogens is 3. The highest BCUT2D eigenvalue weighted by Crippen LogP contribution is 2.24. The molecule has 1 saturated heterocycles. The van der Waals surface area contributed by atoms with Gasteiger partial charge in [-0.05, 0) is 60.2 Å². The van der Waals surface area contributed by atoms with Gasteiger partial charge in [0.25, 0.3) is 5.91 Å². The molecule has 8 heteroatoms. The van der Waals surface area contributed by atoms with E-state index >= 15 is 0 Å². The highest BCUT2D eigenvalue weighted by molar-refractivity contribution is 6.42. The third-order valence-electron chi connectivity index (χ3n) is 5.57. The monoisotopic (exact) mass is 485 g/mol. The molecule has 33 heavy (non-hydrogen) atoms. The summed E-state index contributed by atoms with van der Waals surface area (Å²) in [5.74, 6) is -0.531. The van der Waals surface area contributed by atoms with E-state index < -0.39 is 0 Å². The molecule has 5 nitrogen and oxygen atoms in total. The normalized spacial score (nSPS) is 13.7. The maximum Gasteiger partial charge on any atom is 0.255 e. The lowest BCUT2D eigenvalue weighted by atomic mass is 10.1.